The first-order valence-corrected chi connectivity index (χ1v) is 11.2. The van der Waals surface area contributed by atoms with Crippen LogP contribution in [0, 0.1) is 17.8 Å². The minimum absolute atomic E-state index is 0.0693. The second-order valence-electron chi connectivity index (χ2n) is 8.78. The van der Waals surface area contributed by atoms with Gasteiger partial charge in [-0.1, -0.05) is 44.7 Å². The molecule has 158 valence electrons. The first-order valence-electron chi connectivity index (χ1n) is 11.2. The largest absolute Gasteiger partial charge is 0.491 e. The normalized spacial score (nSPS) is 28.5. The highest BCUT2D eigenvalue weighted by Crippen LogP contribution is 2.47. The van der Waals surface area contributed by atoms with Crippen LogP contribution in [0.25, 0.3) is 0 Å². The van der Waals surface area contributed by atoms with E-state index in [0.29, 0.717) is 11.3 Å². The Morgan fingerprint density at radius 1 is 0.964 bits per heavy atom. The molecular weight excluding hydrogens is 361 g/mol. The maximum Gasteiger partial charge on any atom is 0.264 e. The summed E-state index contributed by atoms with van der Waals surface area (Å²) in [7, 11) is 0. The predicted octanol–water partition coefficient (Wildman–Crippen LogP) is 7.85. The molecule has 0 unspecified atom stereocenters. The number of halogens is 3. The molecule has 2 fully saturated rings. The highest BCUT2D eigenvalue weighted by molar-refractivity contribution is 5.44. The average Bonchev–Trinajstić information content (AvgIpc) is 2.73. The number of hydrogen-bond acceptors (Lipinski definition) is 1. The monoisotopic (exact) mass is 396 g/mol. The second-order valence-corrected chi connectivity index (χ2v) is 8.78. The highest BCUT2D eigenvalue weighted by atomic mass is 19.3. The summed E-state index contributed by atoms with van der Waals surface area (Å²) in [6.45, 7) is 1.60. The molecule has 2 aliphatic rings. The zero-order valence-corrected chi connectivity index (χ0v) is 17.1. The van der Waals surface area contributed by atoms with Gasteiger partial charge in [0, 0.05) is 11.1 Å². The number of alkyl halides is 3. The van der Waals surface area contributed by atoms with Crippen LogP contribution in [0.1, 0.15) is 94.6 Å². The van der Waals surface area contributed by atoms with Gasteiger partial charge in [-0.15, -0.1) is 0 Å². The predicted molar refractivity (Wildman–Crippen MR) is 108 cm³/mol. The van der Waals surface area contributed by atoms with Gasteiger partial charge in [0.05, 0.1) is 0 Å². The standard InChI is InChI=1S/C24H35F3O/c1-2-4-17-7-9-18(10-8-17)19-11-13-20(14-12-19)23-21(24(26)27)5-3-6-22(23)28-16-15-25/h3,5-6,17-20,24H,2,4,7-16H2,1H3. The van der Waals surface area contributed by atoms with Crippen molar-refractivity contribution in [3.05, 3.63) is 29.3 Å². The van der Waals surface area contributed by atoms with Crippen molar-refractivity contribution in [1.29, 1.82) is 0 Å². The van der Waals surface area contributed by atoms with Gasteiger partial charge in [0.1, 0.15) is 19.0 Å². The molecule has 0 amide bonds. The van der Waals surface area contributed by atoms with E-state index in [0.717, 1.165) is 43.4 Å². The van der Waals surface area contributed by atoms with Gasteiger partial charge in [-0.05, 0) is 68.3 Å². The molecule has 2 saturated carbocycles. The lowest BCUT2D eigenvalue weighted by Gasteiger charge is -2.38. The Labute approximate surface area is 168 Å². The first kappa shape index (κ1) is 21.5. The Morgan fingerprint density at radius 2 is 1.61 bits per heavy atom. The third-order valence-electron chi connectivity index (χ3n) is 7.10. The first-order chi connectivity index (χ1) is 13.6. The van der Waals surface area contributed by atoms with E-state index < -0.39 is 13.1 Å². The summed E-state index contributed by atoms with van der Waals surface area (Å²) in [5.74, 6) is 3.05. The molecular formula is C24H35F3O. The fourth-order valence-electron chi connectivity index (χ4n) is 5.70. The topological polar surface area (TPSA) is 9.23 Å². The van der Waals surface area contributed by atoms with Gasteiger partial charge in [0.15, 0.2) is 0 Å². The fourth-order valence-corrected chi connectivity index (χ4v) is 5.70. The lowest BCUT2D eigenvalue weighted by atomic mass is 9.67. The zero-order chi connectivity index (χ0) is 19.9. The molecule has 0 spiro atoms. The number of benzene rings is 1. The van der Waals surface area contributed by atoms with Crippen LogP contribution in [0.15, 0.2) is 18.2 Å². The summed E-state index contributed by atoms with van der Waals surface area (Å²) >= 11 is 0. The van der Waals surface area contributed by atoms with Crippen molar-refractivity contribution in [1.82, 2.24) is 0 Å². The summed E-state index contributed by atoms with van der Waals surface area (Å²) in [4.78, 5) is 0. The van der Waals surface area contributed by atoms with Gasteiger partial charge in [0.2, 0.25) is 0 Å². The second kappa shape index (κ2) is 10.5. The Morgan fingerprint density at radius 3 is 2.18 bits per heavy atom. The third-order valence-corrected chi connectivity index (χ3v) is 7.10. The van der Waals surface area contributed by atoms with E-state index in [4.69, 9.17) is 4.74 Å². The van der Waals surface area contributed by atoms with Gasteiger partial charge in [0.25, 0.3) is 6.43 Å². The maximum atomic E-state index is 13.6. The van der Waals surface area contributed by atoms with Crippen LogP contribution in [0.3, 0.4) is 0 Å². The Kier molecular flexibility index (Phi) is 8.11. The van der Waals surface area contributed by atoms with Crippen LogP contribution >= 0.6 is 0 Å². The lowest BCUT2D eigenvalue weighted by Crippen LogP contribution is -2.26. The molecule has 2 aliphatic carbocycles. The van der Waals surface area contributed by atoms with E-state index in [1.54, 1.807) is 12.1 Å². The van der Waals surface area contributed by atoms with Crippen molar-refractivity contribution in [2.24, 2.45) is 17.8 Å². The zero-order valence-electron chi connectivity index (χ0n) is 17.1. The molecule has 0 aliphatic heterocycles. The fraction of sp³-hybridized carbons (Fsp3) is 0.750. The maximum absolute atomic E-state index is 13.6. The van der Waals surface area contributed by atoms with Crippen LogP contribution in [-0.4, -0.2) is 13.3 Å². The minimum atomic E-state index is -2.52. The van der Waals surface area contributed by atoms with Gasteiger partial charge >= 0.3 is 0 Å². The summed E-state index contributed by atoms with van der Waals surface area (Å²) in [5, 5.41) is 0. The van der Waals surface area contributed by atoms with E-state index in [-0.39, 0.29) is 18.1 Å². The summed E-state index contributed by atoms with van der Waals surface area (Å²) in [6, 6.07) is 4.82. The van der Waals surface area contributed by atoms with Gasteiger partial charge in [-0.25, -0.2) is 13.2 Å². The van der Waals surface area contributed by atoms with Gasteiger partial charge in [-0.3, -0.25) is 0 Å². The van der Waals surface area contributed by atoms with E-state index >= 15 is 0 Å². The van der Waals surface area contributed by atoms with Crippen molar-refractivity contribution in [3.8, 4) is 5.75 Å². The number of ether oxygens (including phenoxy) is 1. The van der Waals surface area contributed by atoms with Gasteiger partial charge in [-0.2, -0.15) is 0 Å². The van der Waals surface area contributed by atoms with Crippen LogP contribution in [0.5, 0.6) is 5.75 Å². The molecule has 0 radical (unpaired) electrons. The summed E-state index contributed by atoms with van der Waals surface area (Å²) < 4.78 is 45.3. The van der Waals surface area contributed by atoms with Crippen LogP contribution < -0.4 is 4.74 Å². The minimum Gasteiger partial charge on any atom is -0.491 e. The molecule has 4 heteroatoms. The molecule has 0 heterocycles. The third kappa shape index (κ3) is 5.24. The van der Waals surface area contributed by atoms with Crippen LogP contribution in [-0.2, 0) is 0 Å². The molecule has 0 saturated heterocycles. The Hall–Kier alpha value is -1.19. The summed E-state index contributed by atoms with van der Waals surface area (Å²) in [5.41, 5.74) is 0.705. The van der Waals surface area contributed by atoms with E-state index in [1.807, 2.05) is 0 Å². The van der Waals surface area contributed by atoms with Crippen LogP contribution in [0.2, 0.25) is 0 Å². The molecule has 1 aromatic carbocycles. The molecule has 0 bridgehead atoms. The molecule has 1 aromatic rings. The quantitative estimate of drug-likeness (QED) is 0.435. The van der Waals surface area contributed by atoms with Crippen molar-refractivity contribution in [2.75, 3.05) is 13.3 Å². The Balaban J connectivity index is 1.63. The molecule has 1 nitrogen and oxygen atoms in total. The number of rotatable bonds is 8. The number of hydrogen-bond donors (Lipinski definition) is 0. The lowest BCUT2D eigenvalue weighted by molar-refractivity contribution is 0.142. The molecule has 0 atom stereocenters. The molecule has 0 N–H and O–H groups in total. The van der Waals surface area contributed by atoms with Crippen LogP contribution in [0.4, 0.5) is 13.2 Å². The molecule has 28 heavy (non-hydrogen) atoms. The van der Waals surface area contributed by atoms with Crippen molar-refractivity contribution < 1.29 is 17.9 Å². The SMILES string of the molecule is CCCC1CCC(C2CCC(c3c(OCCF)cccc3C(F)F)CC2)CC1. The molecule has 3 rings (SSSR count). The van der Waals surface area contributed by atoms with Crippen molar-refractivity contribution in [3.63, 3.8) is 0 Å². The van der Waals surface area contributed by atoms with Gasteiger partial charge < -0.3 is 4.74 Å². The summed E-state index contributed by atoms with van der Waals surface area (Å²) in [6.07, 6.45) is 9.68. The smallest absolute Gasteiger partial charge is 0.264 e. The average molecular weight is 397 g/mol. The highest BCUT2D eigenvalue weighted by Gasteiger charge is 2.33. The Bertz CT molecular complexity index is 588. The van der Waals surface area contributed by atoms with E-state index in [1.165, 1.54) is 44.6 Å². The van der Waals surface area contributed by atoms with Crippen molar-refractivity contribution >= 4 is 0 Å². The van der Waals surface area contributed by atoms with E-state index in [2.05, 4.69) is 6.92 Å². The van der Waals surface area contributed by atoms with Crippen molar-refractivity contribution in [2.45, 2.75) is 83.5 Å². The molecule has 0 aromatic heterocycles. The van der Waals surface area contributed by atoms with E-state index in [9.17, 15) is 13.2 Å².